The molecule has 7 heteroatoms. The van der Waals surface area contributed by atoms with Gasteiger partial charge in [-0.25, -0.2) is 0 Å². The molecule has 2 aliphatic rings. The van der Waals surface area contributed by atoms with Crippen molar-refractivity contribution in [1.29, 1.82) is 0 Å². The Labute approximate surface area is 219 Å². The third-order valence-corrected chi connectivity index (χ3v) is 7.71. The molecular formula is C30H38N2O5. The van der Waals surface area contributed by atoms with Crippen molar-refractivity contribution in [2.45, 2.75) is 65.4 Å². The van der Waals surface area contributed by atoms with Gasteiger partial charge in [-0.05, 0) is 75.9 Å². The highest BCUT2D eigenvalue weighted by Crippen LogP contribution is 2.46. The van der Waals surface area contributed by atoms with Gasteiger partial charge in [0, 0.05) is 23.6 Å². The van der Waals surface area contributed by atoms with Crippen LogP contribution in [-0.4, -0.2) is 47.9 Å². The number of carbonyl (C=O) groups is 1. The number of allylic oxidation sites excluding steroid dienone is 2. The molecule has 0 aliphatic carbocycles. The minimum Gasteiger partial charge on any atom is -0.492 e. The van der Waals surface area contributed by atoms with Crippen LogP contribution in [0.4, 0.5) is 0 Å². The monoisotopic (exact) mass is 506 g/mol. The van der Waals surface area contributed by atoms with Crippen LogP contribution in [0.5, 0.6) is 11.5 Å². The summed E-state index contributed by atoms with van der Waals surface area (Å²) in [6.45, 7) is 11.6. The number of fused-ring (bicyclic) bond motifs is 2. The first-order valence-corrected chi connectivity index (χ1v) is 13.1. The van der Waals surface area contributed by atoms with Crippen LogP contribution in [0, 0.1) is 0 Å². The Kier molecular flexibility index (Phi) is 8.54. The number of ether oxygens (including phenoxy) is 2. The molecule has 0 unspecified atom stereocenters. The summed E-state index contributed by atoms with van der Waals surface area (Å²) in [5.74, 6) is 1.80. The van der Waals surface area contributed by atoms with E-state index >= 15 is 0 Å². The highest BCUT2D eigenvalue weighted by atomic mass is 16.6. The van der Waals surface area contributed by atoms with Gasteiger partial charge in [-0.15, -0.1) is 0 Å². The number of hydrogen-bond donors (Lipinski definition) is 1. The van der Waals surface area contributed by atoms with Crippen molar-refractivity contribution >= 4 is 11.7 Å². The molecule has 0 aromatic heterocycles. The molecule has 2 aromatic rings. The number of carboxylic acids is 1. The molecule has 0 radical (unpaired) electrons. The fourth-order valence-electron chi connectivity index (χ4n) is 4.84. The van der Waals surface area contributed by atoms with E-state index in [1.807, 2.05) is 50.2 Å². The molecule has 4 rings (SSSR count). The van der Waals surface area contributed by atoms with E-state index in [0.717, 1.165) is 66.4 Å². The molecule has 2 aliphatic heterocycles. The zero-order chi connectivity index (χ0) is 26.4. The summed E-state index contributed by atoms with van der Waals surface area (Å²) in [5.41, 5.74) is 5.37. The molecule has 1 fully saturated rings. The van der Waals surface area contributed by atoms with E-state index < -0.39 is 5.97 Å². The maximum atomic E-state index is 10.9. The van der Waals surface area contributed by atoms with Gasteiger partial charge >= 0.3 is 5.97 Å². The van der Waals surface area contributed by atoms with Crippen LogP contribution in [-0.2, 0) is 21.7 Å². The van der Waals surface area contributed by atoms with Gasteiger partial charge in [0.2, 0.25) is 0 Å². The number of hydrogen-bond acceptors (Lipinski definition) is 6. The van der Waals surface area contributed by atoms with Crippen molar-refractivity contribution in [2.75, 3.05) is 26.2 Å². The Balaban J connectivity index is 1.32. The molecule has 0 bridgehead atoms. The minimum atomic E-state index is -0.738. The van der Waals surface area contributed by atoms with Gasteiger partial charge in [0.25, 0.3) is 0 Å². The number of oxime groups is 1. The van der Waals surface area contributed by atoms with E-state index in [1.165, 1.54) is 11.1 Å². The van der Waals surface area contributed by atoms with Crippen molar-refractivity contribution in [3.63, 3.8) is 0 Å². The molecule has 2 heterocycles. The second-order valence-corrected chi connectivity index (χ2v) is 10.2. The number of carboxylic acid groups (broad SMARTS) is 1. The summed E-state index contributed by atoms with van der Waals surface area (Å²) in [5, 5.41) is 13.2. The van der Waals surface area contributed by atoms with Gasteiger partial charge in [-0.2, -0.15) is 0 Å². The van der Waals surface area contributed by atoms with E-state index in [4.69, 9.17) is 19.4 Å². The smallest absolute Gasteiger partial charge is 0.304 e. The third-order valence-electron chi connectivity index (χ3n) is 7.71. The lowest BCUT2D eigenvalue weighted by atomic mass is 9.74. The highest BCUT2D eigenvalue weighted by Gasteiger charge is 2.43. The van der Waals surface area contributed by atoms with Crippen molar-refractivity contribution in [2.24, 2.45) is 5.16 Å². The predicted molar refractivity (Wildman–Crippen MR) is 144 cm³/mol. The molecule has 1 N–H and O–H groups in total. The fraction of sp³-hybridized carbons (Fsp3) is 0.467. The first kappa shape index (κ1) is 26.7. The number of piperidine rings is 1. The number of benzene rings is 2. The Morgan fingerprint density at radius 2 is 1.84 bits per heavy atom. The Bertz CT molecular complexity index is 1160. The first-order chi connectivity index (χ1) is 17.8. The number of aliphatic carboxylic acids is 1. The standard InChI is InChI=1S/C30H38N2O5/c1-5-21(2)23(4)37-31-22(3)25-8-6-24(7-9-25)19-35-26-10-11-27-28(18-26)36-20-30(27)13-16-32(17-14-30)15-12-29(33)34/h6-11,18H,5,12-17,19-20H2,1-4H3,(H,33,34)/b23-21+,31-22+. The average Bonchev–Trinajstić information content (AvgIpc) is 3.26. The number of likely N-dealkylation sites (tertiary alicyclic amines) is 1. The van der Waals surface area contributed by atoms with Gasteiger partial charge in [0.1, 0.15) is 23.9 Å². The van der Waals surface area contributed by atoms with Crippen LogP contribution in [0.3, 0.4) is 0 Å². The van der Waals surface area contributed by atoms with Crippen LogP contribution in [0.2, 0.25) is 0 Å². The van der Waals surface area contributed by atoms with Crippen molar-refractivity contribution < 1.29 is 24.2 Å². The van der Waals surface area contributed by atoms with E-state index in [2.05, 4.69) is 30.0 Å². The van der Waals surface area contributed by atoms with Gasteiger partial charge in [-0.1, -0.05) is 42.4 Å². The predicted octanol–water partition coefficient (Wildman–Crippen LogP) is 5.91. The zero-order valence-corrected chi connectivity index (χ0v) is 22.4. The number of rotatable bonds is 10. The van der Waals surface area contributed by atoms with Crippen LogP contribution >= 0.6 is 0 Å². The topological polar surface area (TPSA) is 80.6 Å². The van der Waals surface area contributed by atoms with Gasteiger partial charge in [0.05, 0.1) is 18.7 Å². The molecule has 7 nitrogen and oxygen atoms in total. The molecule has 198 valence electrons. The summed E-state index contributed by atoms with van der Waals surface area (Å²) < 4.78 is 12.2. The summed E-state index contributed by atoms with van der Waals surface area (Å²) in [7, 11) is 0. The quantitative estimate of drug-likeness (QED) is 0.245. The average molecular weight is 507 g/mol. The molecule has 0 atom stereocenters. The minimum absolute atomic E-state index is 0.0239. The lowest BCUT2D eigenvalue weighted by molar-refractivity contribution is -0.137. The zero-order valence-electron chi connectivity index (χ0n) is 22.4. The SMILES string of the molecule is CC/C(C)=C(\C)O/N=C(\C)c1ccc(COc2ccc3c(c2)OCC32CCN(CCC(=O)O)CC2)cc1. The summed E-state index contributed by atoms with van der Waals surface area (Å²) in [4.78, 5) is 18.7. The van der Waals surface area contributed by atoms with E-state index in [0.29, 0.717) is 19.8 Å². The Morgan fingerprint density at radius 3 is 2.51 bits per heavy atom. The van der Waals surface area contributed by atoms with Gasteiger partial charge < -0.3 is 24.3 Å². The van der Waals surface area contributed by atoms with Crippen molar-refractivity contribution in [1.82, 2.24) is 4.90 Å². The molecule has 2 aromatic carbocycles. The van der Waals surface area contributed by atoms with Gasteiger partial charge in [-0.3, -0.25) is 4.79 Å². The lowest BCUT2D eigenvalue weighted by Crippen LogP contribution is -2.44. The maximum absolute atomic E-state index is 10.9. The van der Waals surface area contributed by atoms with E-state index in [9.17, 15) is 4.79 Å². The summed E-state index contributed by atoms with van der Waals surface area (Å²) in [6, 6.07) is 14.3. The molecule has 1 saturated heterocycles. The normalized spacial score (nSPS) is 17.7. The molecule has 37 heavy (non-hydrogen) atoms. The maximum Gasteiger partial charge on any atom is 0.304 e. The van der Waals surface area contributed by atoms with Crippen LogP contribution < -0.4 is 9.47 Å². The molecule has 1 spiro atoms. The fourth-order valence-corrected chi connectivity index (χ4v) is 4.84. The van der Waals surface area contributed by atoms with Crippen LogP contribution in [0.1, 0.15) is 70.1 Å². The van der Waals surface area contributed by atoms with E-state index in [1.54, 1.807) is 0 Å². The Hall–Kier alpha value is -3.32. The van der Waals surface area contributed by atoms with Crippen LogP contribution in [0.15, 0.2) is 59.0 Å². The first-order valence-electron chi connectivity index (χ1n) is 13.1. The van der Waals surface area contributed by atoms with Crippen LogP contribution in [0.25, 0.3) is 0 Å². The largest absolute Gasteiger partial charge is 0.492 e. The Morgan fingerprint density at radius 1 is 1.11 bits per heavy atom. The third kappa shape index (κ3) is 6.52. The second-order valence-electron chi connectivity index (χ2n) is 10.2. The highest BCUT2D eigenvalue weighted by molar-refractivity contribution is 5.98. The van der Waals surface area contributed by atoms with Crippen molar-refractivity contribution in [3.8, 4) is 11.5 Å². The van der Waals surface area contributed by atoms with Crippen molar-refractivity contribution in [3.05, 3.63) is 70.5 Å². The molecular weight excluding hydrogens is 468 g/mol. The summed E-state index contributed by atoms with van der Waals surface area (Å²) in [6.07, 6.45) is 3.10. The molecule has 0 amide bonds. The second kappa shape index (κ2) is 11.8. The number of nitrogens with zero attached hydrogens (tertiary/aromatic N) is 2. The molecule has 0 saturated carbocycles. The lowest BCUT2D eigenvalue weighted by Gasteiger charge is -2.38. The van der Waals surface area contributed by atoms with Gasteiger partial charge in [0.15, 0.2) is 0 Å². The summed E-state index contributed by atoms with van der Waals surface area (Å²) >= 11 is 0. The van der Waals surface area contributed by atoms with E-state index in [-0.39, 0.29) is 11.8 Å².